The lowest BCUT2D eigenvalue weighted by Gasteiger charge is -2.15. The summed E-state index contributed by atoms with van der Waals surface area (Å²) in [5.41, 5.74) is 0. The molecule has 1 aromatic carbocycles. The van der Waals surface area contributed by atoms with E-state index in [4.69, 9.17) is 9.47 Å². The number of ether oxygens (including phenoxy) is 2. The second-order valence-electron chi connectivity index (χ2n) is 3.87. The van der Waals surface area contributed by atoms with Gasteiger partial charge in [0, 0.05) is 6.42 Å². The van der Waals surface area contributed by atoms with Gasteiger partial charge in [-0.1, -0.05) is 32.0 Å². The van der Waals surface area contributed by atoms with Crippen LogP contribution in [0.1, 0.15) is 33.1 Å². The van der Waals surface area contributed by atoms with E-state index in [1.807, 2.05) is 25.1 Å². The van der Waals surface area contributed by atoms with E-state index in [1.54, 1.807) is 19.1 Å². The molecule has 0 saturated heterocycles. The van der Waals surface area contributed by atoms with E-state index in [2.05, 4.69) is 0 Å². The van der Waals surface area contributed by atoms with Crippen LogP contribution in [-0.4, -0.2) is 18.0 Å². The maximum Gasteiger partial charge on any atom is 0.354 e. The Kier molecular flexibility index (Phi) is 5.91. The first-order valence-electron chi connectivity index (χ1n) is 6.13. The van der Waals surface area contributed by atoms with Gasteiger partial charge in [-0.2, -0.15) is 0 Å². The van der Waals surface area contributed by atoms with E-state index < -0.39 is 18.0 Å². The summed E-state index contributed by atoms with van der Waals surface area (Å²) in [4.78, 5) is 22.9. The minimum absolute atomic E-state index is 0.244. The van der Waals surface area contributed by atoms with E-state index >= 15 is 0 Å². The fourth-order valence-corrected chi connectivity index (χ4v) is 1.39. The van der Waals surface area contributed by atoms with Crippen LogP contribution in [0.2, 0.25) is 0 Å². The Morgan fingerprint density at radius 1 is 1.17 bits per heavy atom. The monoisotopic (exact) mass is 250 g/mol. The summed E-state index contributed by atoms with van der Waals surface area (Å²) in [6.07, 6.45) is 0.608. The van der Waals surface area contributed by atoms with Gasteiger partial charge in [0.25, 0.3) is 0 Å². The van der Waals surface area contributed by atoms with E-state index in [-0.39, 0.29) is 6.42 Å². The van der Waals surface area contributed by atoms with Crippen molar-refractivity contribution in [3.8, 4) is 5.75 Å². The molecule has 98 valence electrons. The smallest absolute Gasteiger partial charge is 0.354 e. The van der Waals surface area contributed by atoms with Crippen LogP contribution in [-0.2, 0) is 14.3 Å². The molecule has 18 heavy (non-hydrogen) atoms. The zero-order valence-electron chi connectivity index (χ0n) is 10.7. The van der Waals surface area contributed by atoms with Crippen LogP contribution in [0.3, 0.4) is 0 Å². The molecule has 0 aliphatic heterocycles. The van der Waals surface area contributed by atoms with Crippen LogP contribution in [0.4, 0.5) is 0 Å². The van der Waals surface area contributed by atoms with Gasteiger partial charge in [0.1, 0.15) is 5.75 Å². The Balaban J connectivity index is 2.55. The lowest BCUT2D eigenvalue weighted by molar-refractivity contribution is -0.164. The van der Waals surface area contributed by atoms with Gasteiger partial charge < -0.3 is 9.47 Å². The molecule has 1 rings (SSSR count). The van der Waals surface area contributed by atoms with Gasteiger partial charge in [-0.25, -0.2) is 4.79 Å². The summed E-state index contributed by atoms with van der Waals surface area (Å²) in [6.45, 7) is 3.66. The van der Waals surface area contributed by atoms with Gasteiger partial charge in [-0.15, -0.1) is 0 Å². The quantitative estimate of drug-likeness (QED) is 0.575. The topological polar surface area (TPSA) is 52.6 Å². The number of carbonyl (C=O) groups is 2. The number of hydrogen-bond acceptors (Lipinski definition) is 4. The van der Waals surface area contributed by atoms with Crippen LogP contribution in [0, 0.1) is 0 Å². The predicted octanol–water partition coefficient (Wildman–Crippen LogP) is 2.71. The highest BCUT2D eigenvalue weighted by Crippen LogP contribution is 2.13. The van der Waals surface area contributed by atoms with Crippen molar-refractivity contribution < 1.29 is 19.1 Å². The molecule has 0 radical (unpaired) electrons. The zero-order valence-corrected chi connectivity index (χ0v) is 10.7. The molecule has 0 saturated carbocycles. The molecule has 0 amide bonds. The number of hydrogen-bond donors (Lipinski definition) is 0. The molecule has 0 aromatic heterocycles. The van der Waals surface area contributed by atoms with Crippen molar-refractivity contribution in [2.45, 2.75) is 39.2 Å². The Morgan fingerprint density at radius 3 is 2.39 bits per heavy atom. The fraction of sp³-hybridized carbons (Fsp3) is 0.429. The Morgan fingerprint density at radius 2 is 1.83 bits per heavy atom. The summed E-state index contributed by atoms with van der Waals surface area (Å²) >= 11 is 0. The lowest BCUT2D eigenvalue weighted by Crippen LogP contribution is -2.30. The van der Waals surface area contributed by atoms with E-state index in [0.29, 0.717) is 18.6 Å². The van der Waals surface area contributed by atoms with Crippen molar-refractivity contribution in [1.29, 1.82) is 0 Å². The molecule has 0 bridgehead atoms. The van der Waals surface area contributed by atoms with Crippen molar-refractivity contribution >= 4 is 11.9 Å². The van der Waals surface area contributed by atoms with Crippen LogP contribution in [0.5, 0.6) is 5.75 Å². The van der Waals surface area contributed by atoms with Gasteiger partial charge in [-0.3, -0.25) is 4.79 Å². The highest BCUT2D eigenvalue weighted by Gasteiger charge is 2.22. The number of esters is 2. The van der Waals surface area contributed by atoms with E-state index in [9.17, 15) is 9.59 Å². The van der Waals surface area contributed by atoms with Gasteiger partial charge in [0.05, 0.1) is 0 Å². The Bertz CT molecular complexity index is 386. The second kappa shape index (κ2) is 7.48. The molecule has 4 heteroatoms. The SMILES string of the molecule is CCCC(=O)OC(=O)C(CC)Oc1ccccc1. The number of benzene rings is 1. The van der Waals surface area contributed by atoms with Crippen LogP contribution in [0.25, 0.3) is 0 Å². The third-order valence-corrected chi connectivity index (χ3v) is 2.32. The first-order chi connectivity index (χ1) is 8.67. The minimum atomic E-state index is -0.742. The highest BCUT2D eigenvalue weighted by molar-refractivity contribution is 5.88. The van der Waals surface area contributed by atoms with Gasteiger partial charge in [0.2, 0.25) is 0 Å². The third-order valence-electron chi connectivity index (χ3n) is 2.32. The maximum atomic E-state index is 11.7. The molecule has 0 N–H and O–H groups in total. The predicted molar refractivity (Wildman–Crippen MR) is 67.2 cm³/mol. The summed E-state index contributed by atoms with van der Waals surface area (Å²) in [6, 6.07) is 9.00. The molecular formula is C14H18O4. The number of rotatable bonds is 6. The Hall–Kier alpha value is -1.84. The van der Waals surface area contributed by atoms with Gasteiger partial charge >= 0.3 is 11.9 Å². The average molecular weight is 250 g/mol. The van der Waals surface area contributed by atoms with Crippen molar-refractivity contribution in [2.75, 3.05) is 0 Å². The second-order valence-corrected chi connectivity index (χ2v) is 3.87. The molecule has 0 heterocycles. The van der Waals surface area contributed by atoms with Gasteiger partial charge in [0.15, 0.2) is 6.10 Å². The first-order valence-corrected chi connectivity index (χ1v) is 6.13. The maximum absolute atomic E-state index is 11.7. The molecular weight excluding hydrogens is 232 g/mol. The largest absolute Gasteiger partial charge is 0.479 e. The van der Waals surface area contributed by atoms with Crippen LogP contribution in [0.15, 0.2) is 30.3 Å². The summed E-state index contributed by atoms with van der Waals surface area (Å²) in [5, 5.41) is 0. The van der Waals surface area contributed by atoms with Crippen molar-refractivity contribution in [1.82, 2.24) is 0 Å². The summed E-state index contributed by atoms with van der Waals surface area (Å²) in [5.74, 6) is -0.540. The number of carbonyl (C=O) groups excluding carboxylic acids is 2. The van der Waals surface area contributed by atoms with E-state index in [1.165, 1.54) is 0 Å². The van der Waals surface area contributed by atoms with Crippen molar-refractivity contribution in [2.24, 2.45) is 0 Å². The standard InChI is InChI=1S/C14H18O4/c1-3-8-13(15)18-14(16)12(4-2)17-11-9-6-5-7-10-11/h5-7,9-10,12H,3-4,8H2,1-2H3. The molecule has 0 fully saturated rings. The van der Waals surface area contributed by atoms with Crippen molar-refractivity contribution in [3.63, 3.8) is 0 Å². The lowest BCUT2D eigenvalue weighted by atomic mass is 10.2. The molecule has 0 spiro atoms. The minimum Gasteiger partial charge on any atom is -0.479 e. The van der Waals surface area contributed by atoms with Crippen LogP contribution >= 0.6 is 0 Å². The third kappa shape index (κ3) is 4.57. The van der Waals surface area contributed by atoms with E-state index in [0.717, 1.165) is 0 Å². The first kappa shape index (κ1) is 14.2. The zero-order chi connectivity index (χ0) is 13.4. The summed E-state index contributed by atoms with van der Waals surface area (Å²) in [7, 11) is 0. The normalized spacial score (nSPS) is 11.7. The average Bonchev–Trinajstić information content (AvgIpc) is 2.37. The molecule has 1 atom stereocenters. The van der Waals surface area contributed by atoms with Crippen molar-refractivity contribution in [3.05, 3.63) is 30.3 Å². The Labute approximate surface area is 107 Å². The fourth-order valence-electron chi connectivity index (χ4n) is 1.39. The summed E-state index contributed by atoms with van der Waals surface area (Å²) < 4.78 is 10.2. The molecule has 0 aliphatic rings. The van der Waals surface area contributed by atoms with Crippen LogP contribution < -0.4 is 4.74 Å². The molecule has 1 aromatic rings. The highest BCUT2D eigenvalue weighted by atomic mass is 16.6. The molecule has 1 unspecified atom stereocenters. The van der Waals surface area contributed by atoms with Gasteiger partial charge in [-0.05, 0) is 25.0 Å². The molecule has 4 nitrogen and oxygen atoms in total. The number of para-hydroxylation sites is 1. The molecule has 0 aliphatic carbocycles.